The van der Waals surface area contributed by atoms with Crippen LogP contribution in [0.2, 0.25) is 0 Å². The fourth-order valence-electron chi connectivity index (χ4n) is 2.83. The Balaban J connectivity index is 0.00000364. The number of benzene rings is 1. The molecule has 1 aromatic carbocycles. The number of halogens is 5. The van der Waals surface area contributed by atoms with Gasteiger partial charge in [-0.15, -0.1) is 12.4 Å². The van der Waals surface area contributed by atoms with Gasteiger partial charge in [0.15, 0.2) is 0 Å². The number of sulfonamides is 1. The molecular formula is C15H19ClF4N2O4S. The number of rotatable bonds is 6. The maximum atomic E-state index is 13.4. The summed E-state index contributed by atoms with van der Waals surface area (Å²) in [6.07, 6.45) is -3.84. The van der Waals surface area contributed by atoms with Crippen molar-refractivity contribution in [1.82, 2.24) is 9.62 Å². The van der Waals surface area contributed by atoms with Crippen molar-refractivity contribution >= 4 is 28.4 Å². The highest BCUT2D eigenvalue weighted by atomic mass is 35.5. The molecule has 0 amide bonds. The second-order valence-corrected chi connectivity index (χ2v) is 7.97. The first-order valence-corrected chi connectivity index (χ1v) is 9.25. The van der Waals surface area contributed by atoms with Gasteiger partial charge in [0.2, 0.25) is 10.0 Å². The van der Waals surface area contributed by atoms with Crippen LogP contribution in [0.25, 0.3) is 0 Å². The summed E-state index contributed by atoms with van der Waals surface area (Å²) in [5.41, 5.74) is -1.63. The molecule has 2 N–H and O–H groups in total. The van der Waals surface area contributed by atoms with E-state index in [2.05, 4.69) is 5.32 Å². The molecule has 6 nitrogen and oxygen atoms in total. The topological polar surface area (TPSA) is 86.7 Å². The predicted octanol–water partition coefficient (Wildman–Crippen LogP) is 2.34. The minimum Gasteiger partial charge on any atom is -0.480 e. The summed E-state index contributed by atoms with van der Waals surface area (Å²) in [6, 6.07) is 1.61. The molecule has 0 spiro atoms. The monoisotopic (exact) mass is 434 g/mol. The molecule has 154 valence electrons. The fraction of sp³-hybridized carbons (Fsp3) is 0.533. The molecule has 1 unspecified atom stereocenters. The molecule has 0 saturated carbocycles. The molecule has 1 heterocycles. The minimum absolute atomic E-state index is 0. The third-order valence-corrected chi connectivity index (χ3v) is 5.93. The predicted molar refractivity (Wildman–Crippen MR) is 90.6 cm³/mol. The van der Waals surface area contributed by atoms with E-state index in [1.165, 1.54) is 0 Å². The second-order valence-electron chi connectivity index (χ2n) is 6.04. The van der Waals surface area contributed by atoms with Crippen LogP contribution in [0.1, 0.15) is 18.4 Å². The molecule has 1 saturated heterocycles. The maximum Gasteiger partial charge on any atom is 0.419 e. The van der Waals surface area contributed by atoms with Gasteiger partial charge in [-0.2, -0.15) is 17.5 Å². The van der Waals surface area contributed by atoms with Crippen molar-refractivity contribution in [3.63, 3.8) is 0 Å². The third kappa shape index (κ3) is 6.03. The standard InChI is InChI=1S/C15H18F4N2O4S.ClH/c16-13-4-3-11(6-12(13)15(17,18)19)26(24,25)21-5-1-2-10(9-21)7-20-8-14(22)23;/h3-4,6,10,20H,1-2,5,7-9H2,(H,22,23);1H. The zero-order valence-electron chi connectivity index (χ0n) is 14.0. The Kier molecular flexibility index (Phi) is 8.02. The Morgan fingerprint density at radius 3 is 2.59 bits per heavy atom. The maximum absolute atomic E-state index is 13.4. The van der Waals surface area contributed by atoms with Gasteiger partial charge in [0, 0.05) is 13.1 Å². The normalized spacial score (nSPS) is 18.7. The van der Waals surface area contributed by atoms with E-state index in [-0.39, 0.29) is 44.5 Å². The van der Waals surface area contributed by atoms with E-state index in [0.29, 0.717) is 25.0 Å². The Bertz CT molecular complexity index is 774. The number of carboxylic acid groups (broad SMARTS) is 1. The number of carbonyl (C=O) groups is 1. The van der Waals surface area contributed by atoms with Gasteiger partial charge in [-0.25, -0.2) is 12.8 Å². The van der Waals surface area contributed by atoms with Gasteiger partial charge in [0.05, 0.1) is 17.0 Å². The highest BCUT2D eigenvalue weighted by Gasteiger charge is 2.37. The van der Waals surface area contributed by atoms with Crippen molar-refractivity contribution in [3.8, 4) is 0 Å². The number of hydrogen-bond acceptors (Lipinski definition) is 4. The molecule has 12 heteroatoms. The molecule has 2 rings (SSSR count). The van der Waals surface area contributed by atoms with Crippen LogP contribution in [0.4, 0.5) is 17.6 Å². The number of alkyl halides is 3. The SMILES string of the molecule is Cl.O=C(O)CNCC1CCCN(S(=O)(=O)c2ccc(F)c(C(F)(F)F)c2)C1. The van der Waals surface area contributed by atoms with Gasteiger partial charge in [0.1, 0.15) is 5.82 Å². The molecular weight excluding hydrogens is 416 g/mol. The summed E-state index contributed by atoms with van der Waals surface area (Å²) < 4.78 is 78.1. The lowest BCUT2D eigenvalue weighted by Crippen LogP contribution is -2.43. The van der Waals surface area contributed by atoms with Crippen LogP contribution in [0.5, 0.6) is 0 Å². The van der Waals surface area contributed by atoms with Crippen LogP contribution in [-0.2, 0) is 21.0 Å². The molecule has 1 atom stereocenters. The lowest BCUT2D eigenvalue weighted by Gasteiger charge is -2.32. The molecule has 0 radical (unpaired) electrons. The van der Waals surface area contributed by atoms with Crippen LogP contribution in [0, 0.1) is 11.7 Å². The van der Waals surface area contributed by atoms with Crippen molar-refractivity contribution in [2.45, 2.75) is 23.9 Å². The van der Waals surface area contributed by atoms with Crippen LogP contribution in [0.15, 0.2) is 23.1 Å². The van der Waals surface area contributed by atoms with Gasteiger partial charge in [-0.1, -0.05) is 0 Å². The van der Waals surface area contributed by atoms with E-state index in [0.717, 1.165) is 10.4 Å². The highest BCUT2D eigenvalue weighted by molar-refractivity contribution is 7.89. The molecule has 1 aliphatic heterocycles. The number of aliphatic carboxylic acids is 1. The zero-order chi connectivity index (χ0) is 19.5. The summed E-state index contributed by atoms with van der Waals surface area (Å²) in [7, 11) is -4.21. The van der Waals surface area contributed by atoms with Crippen molar-refractivity contribution in [1.29, 1.82) is 0 Å². The van der Waals surface area contributed by atoms with Gasteiger partial charge < -0.3 is 10.4 Å². The largest absolute Gasteiger partial charge is 0.480 e. The number of carboxylic acids is 1. The Hall–Kier alpha value is -1.43. The number of hydrogen-bond donors (Lipinski definition) is 2. The highest BCUT2D eigenvalue weighted by Crippen LogP contribution is 2.34. The number of piperidine rings is 1. The summed E-state index contributed by atoms with van der Waals surface area (Å²) in [5.74, 6) is -2.75. The van der Waals surface area contributed by atoms with Crippen LogP contribution in [-0.4, -0.2) is 50.0 Å². The van der Waals surface area contributed by atoms with E-state index >= 15 is 0 Å². The van der Waals surface area contributed by atoms with Gasteiger partial charge >= 0.3 is 12.1 Å². The van der Waals surface area contributed by atoms with Crippen molar-refractivity contribution in [3.05, 3.63) is 29.6 Å². The van der Waals surface area contributed by atoms with Gasteiger partial charge in [-0.3, -0.25) is 4.79 Å². The Labute approximate surface area is 160 Å². The second kappa shape index (κ2) is 9.18. The molecule has 0 bridgehead atoms. The minimum atomic E-state index is -5.00. The summed E-state index contributed by atoms with van der Waals surface area (Å²) in [5, 5.41) is 11.3. The van der Waals surface area contributed by atoms with Crippen molar-refractivity contribution in [2.75, 3.05) is 26.2 Å². The summed E-state index contributed by atoms with van der Waals surface area (Å²) in [4.78, 5) is 9.88. The van der Waals surface area contributed by atoms with E-state index in [4.69, 9.17) is 5.11 Å². The quantitative estimate of drug-likeness (QED) is 0.671. The first-order chi connectivity index (χ1) is 12.0. The van der Waals surface area contributed by atoms with Crippen LogP contribution < -0.4 is 5.32 Å². The smallest absolute Gasteiger partial charge is 0.419 e. The van der Waals surface area contributed by atoms with Gasteiger partial charge in [-0.05, 0) is 43.5 Å². The first kappa shape index (κ1) is 23.6. The van der Waals surface area contributed by atoms with Crippen LogP contribution >= 0.6 is 12.4 Å². The van der Waals surface area contributed by atoms with E-state index in [9.17, 15) is 30.8 Å². The van der Waals surface area contributed by atoms with Gasteiger partial charge in [0.25, 0.3) is 0 Å². The van der Waals surface area contributed by atoms with Crippen molar-refractivity contribution in [2.24, 2.45) is 5.92 Å². The van der Waals surface area contributed by atoms with E-state index < -0.39 is 38.4 Å². The molecule has 1 fully saturated rings. The number of nitrogens with zero attached hydrogens (tertiary/aromatic N) is 1. The lowest BCUT2D eigenvalue weighted by atomic mass is 10.00. The first-order valence-electron chi connectivity index (χ1n) is 7.81. The zero-order valence-corrected chi connectivity index (χ0v) is 15.6. The third-order valence-electron chi connectivity index (χ3n) is 4.07. The molecule has 1 aliphatic rings. The molecule has 0 aromatic heterocycles. The Morgan fingerprint density at radius 2 is 2.00 bits per heavy atom. The molecule has 27 heavy (non-hydrogen) atoms. The average molecular weight is 435 g/mol. The van der Waals surface area contributed by atoms with Crippen LogP contribution in [0.3, 0.4) is 0 Å². The molecule has 0 aliphatic carbocycles. The number of nitrogens with one attached hydrogen (secondary N) is 1. The average Bonchev–Trinajstić information content (AvgIpc) is 2.54. The van der Waals surface area contributed by atoms with E-state index in [1.807, 2.05) is 0 Å². The molecule has 1 aromatic rings. The summed E-state index contributed by atoms with van der Waals surface area (Å²) >= 11 is 0. The fourth-order valence-corrected chi connectivity index (χ4v) is 4.41. The van der Waals surface area contributed by atoms with E-state index in [1.54, 1.807) is 0 Å². The summed E-state index contributed by atoms with van der Waals surface area (Å²) in [6.45, 7) is 0.190. The lowest BCUT2D eigenvalue weighted by molar-refractivity contribution is -0.140. The van der Waals surface area contributed by atoms with Crippen molar-refractivity contribution < 1.29 is 35.9 Å². The Morgan fingerprint density at radius 1 is 1.33 bits per heavy atom.